The first-order valence-corrected chi connectivity index (χ1v) is 6.73. The number of rotatable bonds is 4. The van der Waals surface area contributed by atoms with Crippen molar-refractivity contribution in [2.75, 3.05) is 26.0 Å². The van der Waals surface area contributed by atoms with Gasteiger partial charge in [0.2, 0.25) is 0 Å². The van der Waals surface area contributed by atoms with Crippen LogP contribution in [0.25, 0.3) is 0 Å². The summed E-state index contributed by atoms with van der Waals surface area (Å²) in [6, 6.07) is 0.627. The van der Waals surface area contributed by atoms with Gasteiger partial charge in [-0.1, -0.05) is 6.42 Å². The summed E-state index contributed by atoms with van der Waals surface area (Å²) < 4.78 is 5.63. The second-order valence-corrected chi connectivity index (χ2v) is 5.67. The van der Waals surface area contributed by atoms with E-state index in [-0.39, 0.29) is 0 Å². The summed E-state index contributed by atoms with van der Waals surface area (Å²) >= 11 is 4.51. The molecule has 1 heterocycles. The summed E-state index contributed by atoms with van der Waals surface area (Å²) in [5.41, 5.74) is 0.514. The third-order valence-corrected chi connectivity index (χ3v) is 4.91. The Balaban J connectivity index is 1.88. The van der Waals surface area contributed by atoms with Crippen LogP contribution in [0.3, 0.4) is 0 Å². The molecule has 2 nitrogen and oxygen atoms in total. The highest BCUT2D eigenvalue weighted by Crippen LogP contribution is 2.42. The van der Waals surface area contributed by atoms with Crippen LogP contribution < -0.4 is 0 Å². The lowest BCUT2D eigenvalue weighted by molar-refractivity contribution is 0.0445. The minimum atomic E-state index is 0.409. The van der Waals surface area contributed by atoms with Crippen molar-refractivity contribution in [2.24, 2.45) is 5.41 Å². The molecule has 0 N–H and O–H groups in total. The molecule has 88 valence electrons. The fraction of sp³-hybridized carbons (Fsp3) is 1.00. The highest BCUT2D eigenvalue weighted by atomic mass is 32.1. The molecule has 1 aliphatic heterocycles. The maximum absolute atomic E-state index is 5.63. The molecule has 0 amide bonds. The third kappa shape index (κ3) is 2.34. The number of hydrogen-bond donors (Lipinski definition) is 1. The van der Waals surface area contributed by atoms with Crippen molar-refractivity contribution in [1.29, 1.82) is 0 Å². The number of thiol groups is 1. The first kappa shape index (κ1) is 11.7. The van der Waals surface area contributed by atoms with Gasteiger partial charge in [-0.3, -0.25) is 0 Å². The lowest BCUT2D eigenvalue weighted by Gasteiger charge is -2.45. The summed E-state index contributed by atoms with van der Waals surface area (Å²) in [4.78, 5) is 2.51. The Morgan fingerprint density at radius 1 is 1.47 bits per heavy atom. The molecule has 2 rings (SSSR count). The zero-order chi connectivity index (χ0) is 10.9. The van der Waals surface area contributed by atoms with Gasteiger partial charge in [0.1, 0.15) is 0 Å². The van der Waals surface area contributed by atoms with E-state index >= 15 is 0 Å². The first-order chi connectivity index (χ1) is 7.17. The highest BCUT2D eigenvalue weighted by molar-refractivity contribution is 7.80. The van der Waals surface area contributed by atoms with Crippen LogP contribution in [0.1, 0.15) is 32.6 Å². The van der Waals surface area contributed by atoms with E-state index < -0.39 is 0 Å². The van der Waals surface area contributed by atoms with E-state index in [0.717, 1.165) is 12.4 Å². The normalized spacial score (nSPS) is 34.4. The molecular formula is C12H23NOS. The van der Waals surface area contributed by atoms with Gasteiger partial charge < -0.3 is 9.64 Å². The largest absolute Gasteiger partial charge is 0.377 e. The van der Waals surface area contributed by atoms with Gasteiger partial charge in [0.25, 0.3) is 0 Å². The molecule has 0 aromatic heterocycles. The van der Waals surface area contributed by atoms with Crippen LogP contribution in [-0.4, -0.2) is 43.0 Å². The van der Waals surface area contributed by atoms with Crippen LogP contribution >= 0.6 is 12.6 Å². The topological polar surface area (TPSA) is 12.5 Å². The molecule has 3 heteroatoms. The molecule has 0 aromatic rings. The van der Waals surface area contributed by atoms with Crippen molar-refractivity contribution >= 4 is 12.6 Å². The number of likely N-dealkylation sites (N-methyl/N-ethyl adjacent to an activating group) is 1. The summed E-state index contributed by atoms with van der Waals surface area (Å²) in [5, 5.41) is 0. The van der Waals surface area contributed by atoms with Crippen molar-refractivity contribution in [3.05, 3.63) is 0 Å². The average molecular weight is 229 g/mol. The fourth-order valence-corrected chi connectivity index (χ4v) is 3.40. The van der Waals surface area contributed by atoms with E-state index in [9.17, 15) is 0 Å². The van der Waals surface area contributed by atoms with Crippen molar-refractivity contribution in [3.63, 3.8) is 0 Å². The van der Waals surface area contributed by atoms with Gasteiger partial charge in [-0.05, 0) is 44.4 Å². The first-order valence-electron chi connectivity index (χ1n) is 6.10. The second-order valence-electron chi connectivity index (χ2n) is 5.36. The summed E-state index contributed by atoms with van der Waals surface area (Å²) in [5.74, 6) is 1.04. The zero-order valence-corrected chi connectivity index (χ0v) is 10.8. The molecular weight excluding hydrogens is 206 g/mol. The Labute approximate surface area is 98.8 Å². The molecule has 1 saturated heterocycles. The number of hydrogen-bond acceptors (Lipinski definition) is 3. The lowest BCUT2D eigenvalue weighted by atomic mass is 9.70. The van der Waals surface area contributed by atoms with Crippen molar-refractivity contribution in [3.8, 4) is 0 Å². The molecule has 0 aromatic carbocycles. The SMILES string of the molecule is CC1OCCC1N(C)CC1(CS)CCC1. The zero-order valence-electron chi connectivity index (χ0n) is 9.91. The second kappa shape index (κ2) is 4.64. The maximum Gasteiger partial charge on any atom is 0.0702 e. The fourth-order valence-electron chi connectivity index (χ4n) is 2.99. The molecule has 1 saturated carbocycles. The Morgan fingerprint density at radius 2 is 2.20 bits per heavy atom. The molecule has 2 unspecified atom stereocenters. The molecule has 0 spiro atoms. The van der Waals surface area contributed by atoms with Crippen LogP contribution in [0.4, 0.5) is 0 Å². The van der Waals surface area contributed by atoms with E-state index in [2.05, 4.69) is 31.5 Å². The van der Waals surface area contributed by atoms with Crippen molar-refractivity contribution < 1.29 is 4.74 Å². The third-order valence-electron chi connectivity index (χ3n) is 4.24. The Kier molecular flexibility index (Phi) is 3.63. The Hall–Kier alpha value is 0.270. The van der Waals surface area contributed by atoms with Gasteiger partial charge in [-0.2, -0.15) is 12.6 Å². The van der Waals surface area contributed by atoms with Crippen LogP contribution in [0.2, 0.25) is 0 Å². The van der Waals surface area contributed by atoms with Crippen LogP contribution in [0.15, 0.2) is 0 Å². The van der Waals surface area contributed by atoms with E-state index in [1.54, 1.807) is 0 Å². The van der Waals surface area contributed by atoms with E-state index in [0.29, 0.717) is 17.6 Å². The smallest absolute Gasteiger partial charge is 0.0702 e. The molecule has 2 aliphatic rings. The minimum Gasteiger partial charge on any atom is -0.377 e. The maximum atomic E-state index is 5.63. The van der Waals surface area contributed by atoms with E-state index in [4.69, 9.17) is 4.74 Å². The standard InChI is InChI=1S/C12H23NOS/c1-10-11(4-7-14-10)13(2)8-12(9-15)5-3-6-12/h10-11,15H,3-9H2,1-2H3. The highest BCUT2D eigenvalue weighted by Gasteiger charge is 2.39. The van der Waals surface area contributed by atoms with Gasteiger partial charge >= 0.3 is 0 Å². The number of ether oxygens (including phenoxy) is 1. The quantitative estimate of drug-likeness (QED) is 0.742. The van der Waals surface area contributed by atoms with Crippen LogP contribution in [0.5, 0.6) is 0 Å². The van der Waals surface area contributed by atoms with Gasteiger partial charge in [-0.15, -0.1) is 0 Å². The molecule has 0 radical (unpaired) electrons. The van der Waals surface area contributed by atoms with Crippen LogP contribution in [0, 0.1) is 5.41 Å². The van der Waals surface area contributed by atoms with Gasteiger partial charge in [0.05, 0.1) is 6.10 Å². The summed E-state index contributed by atoms with van der Waals surface area (Å²) in [7, 11) is 2.25. The minimum absolute atomic E-state index is 0.409. The predicted octanol–water partition coefficient (Wildman–Crippen LogP) is 2.20. The predicted molar refractivity (Wildman–Crippen MR) is 66.6 cm³/mol. The monoisotopic (exact) mass is 229 g/mol. The number of nitrogens with zero attached hydrogens (tertiary/aromatic N) is 1. The summed E-state index contributed by atoms with van der Waals surface area (Å²) in [6.07, 6.45) is 5.73. The van der Waals surface area contributed by atoms with E-state index in [1.165, 1.54) is 32.2 Å². The van der Waals surface area contributed by atoms with Crippen molar-refractivity contribution in [1.82, 2.24) is 4.90 Å². The van der Waals surface area contributed by atoms with Crippen LogP contribution in [-0.2, 0) is 4.74 Å². The summed E-state index contributed by atoms with van der Waals surface area (Å²) in [6.45, 7) is 4.33. The molecule has 15 heavy (non-hydrogen) atoms. The average Bonchev–Trinajstić information content (AvgIpc) is 2.58. The molecule has 2 fully saturated rings. The molecule has 1 aliphatic carbocycles. The van der Waals surface area contributed by atoms with Gasteiger partial charge in [-0.25, -0.2) is 0 Å². The molecule has 0 bridgehead atoms. The Morgan fingerprint density at radius 3 is 2.60 bits per heavy atom. The Bertz CT molecular complexity index is 212. The van der Waals surface area contributed by atoms with Gasteiger partial charge in [0, 0.05) is 19.2 Å². The lowest BCUT2D eigenvalue weighted by Crippen LogP contribution is -2.47. The van der Waals surface area contributed by atoms with E-state index in [1.807, 2.05) is 0 Å². The molecule has 2 atom stereocenters. The van der Waals surface area contributed by atoms with Crippen molar-refractivity contribution in [2.45, 2.75) is 44.8 Å². The van der Waals surface area contributed by atoms with Gasteiger partial charge in [0.15, 0.2) is 0 Å².